The number of amides is 3. The summed E-state index contributed by atoms with van der Waals surface area (Å²) >= 11 is 1.03. The Bertz CT molecular complexity index is 838. The van der Waals surface area contributed by atoms with E-state index in [0.717, 1.165) is 22.7 Å². The van der Waals surface area contributed by atoms with Gasteiger partial charge in [0.2, 0.25) is 5.91 Å². The van der Waals surface area contributed by atoms with E-state index in [-0.39, 0.29) is 28.8 Å². The molecule has 2 aliphatic rings. The van der Waals surface area contributed by atoms with Crippen molar-refractivity contribution in [3.8, 4) is 0 Å². The predicted octanol–water partition coefficient (Wildman–Crippen LogP) is 2.14. The maximum Gasteiger partial charge on any atom is 0.289 e. The third-order valence-corrected chi connectivity index (χ3v) is 5.25. The molecule has 2 aliphatic heterocycles. The molecule has 0 spiro atoms. The van der Waals surface area contributed by atoms with Gasteiger partial charge in [-0.2, -0.15) is 0 Å². The second kappa shape index (κ2) is 5.90. The van der Waals surface area contributed by atoms with Crippen LogP contribution in [0.4, 0.5) is 4.79 Å². The van der Waals surface area contributed by atoms with Crippen molar-refractivity contribution in [3.05, 3.63) is 42.1 Å². The highest BCUT2D eigenvalue weighted by atomic mass is 32.2. The molecule has 0 saturated carbocycles. The molecule has 0 N–H and O–H groups in total. The van der Waals surface area contributed by atoms with Crippen LogP contribution in [0.3, 0.4) is 0 Å². The summed E-state index contributed by atoms with van der Waals surface area (Å²) in [6, 6.07) is 11.0. The molecule has 0 aliphatic carbocycles. The van der Waals surface area contributed by atoms with Crippen molar-refractivity contribution in [1.29, 1.82) is 0 Å². The van der Waals surface area contributed by atoms with Gasteiger partial charge in [-0.3, -0.25) is 19.3 Å². The van der Waals surface area contributed by atoms with Gasteiger partial charge in [-0.25, -0.2) is 4.98 Å². The van der Waals surface area contributed by atoms with Crippen molar-refractivity contribution in [3.63, 3.8) is 0 Å². The van der Waals surface area contributed by atoms with Crippen LogP contribution >= 0.6 is 11.8 Å². The Kier molecular flexibility index (Phi) is 3.72. The molecule has 1 unspecified atom stereocenters. The maximum atomic E-state index is 12.7. The number of thioether (sulfide) groups is 1. The van der Waals surface area contributed by atoms with E-state index in [9.17, 15) is 14.4 Å². The van der Waals surface area contributed by atoms with Crippen LogP contribution in [0.1, 0.15) is 16.9 Å². The molecule has 122 valence electrons. The Balaban J connectivity index is 1.52. The van der Waals surface area contributed by atoms with Crippen molar-refractivity contribution in [2.75, 3.05) is 18.8 Å². The van der Waals surface area contributed by atoms with Crippen LogP contribution in [-0.2, 0) is 4.79 Å². The SMILES string of the molecule is O=C(c1ccc2ccccc2n1)N1CCC(N2C(=O)CSC2=O)C1. The molecule has 24 heavy (non-hydrogen) atoms. The summed E-state index contributed by atoms with van der Waals surface area (Å²) in [6.45, 7) is 0.908. The summed E-state index contributed by atoms with van der Waals surface area (Å²) in [5.41, 5.74) is 1.17. The molecule has 1 aromatic carbocycles. The number of nitrogens with zero attached hydrogens (tertiary/aromatic N) is 3. The fourth-order valence-electron chi connectivity index (χ4n) is 3.20. The number of imide groups is 1. The molecule has 1 aromatic heterocycles. The molecule has 2 saturated heterocycles. The highest BCUT2D eigenvalue weighted by Gasteiger charge is 2.40. The number of carbonyl (C=O) groups excluding carboxylic acids is 3. The Morgan fingerprint density at radius 3 is 2.79 bits per heavy atom. The Morgan fingerprint density at radius 1 is 1.17 bits per heavy atom. The number of para-hydroxylation sites is 1. The fourth-order valence-corrected chi connectivity index (χ4v) is 3.98. The third kappa shape index (κ3) is 2.54. The molecule has 3 amide bonds. The van der Waals surface area contributed by atoms with Crippen LogP contribution in [0.25, 0.3) is 10.9 Å². The predicted molar refractivity (Wildman–Crippen MR) is 90.8 cm³/mol. The smallest absolute Gasteiger partial charge is 0.289 e. The summed E-state index contributed by atoms with van der Waals surface area (Å²) < 4.78 is 0. The number of carbonyl (C=O) groups is 3. The fraction of sp³-hybridized carbons (Fsp3) is 0.294. The molecule has 3 heterocycles. The van der Waals surface area contributed by atoms with Gasteiger partial charge in [-0.05, 0) is 18.6 Å². The van der Waals surface area contributed by atoms with Gasteiger partial charge in [0.1, 0.15) is 5.69 Å². The largest absolute Gasteiger partial charge is 0.335 e. The number of benzene rings is 1. The summed E-state index contributed by atoms with van der Waals surface area (Å²) in [4.78, 5) is 43.7. The molecule has 0 radical (unpaired) electrons. The minimum Gasteiger partial charge on any atom is -0.335 e. The average Bonchev–Trinajstić information content (AvgIpc) is 3.20. The zero-order valence-corrected chi connectivity index (χ0v) is 13.7. The highest BCUT2D eigenvalue weighted by molar-refractivity contribution is 8.14. The normalized spacial score (nSPS) is 21.1. The van der Waals surface area contributed by atoms with E-state index in [1.807, 2.05) is 30.3 Å². The minimum absolute atomic E-state index is 0.157. The molecular weight excluding hydrogens is 326 g/mol. The van der Waals surface area contributed by atoms with Gasteiger partial charge >= 0.3 is 0 Å². The third-order valence-electron chi connectivity index (χ3n) is 4.42. The first-order valence-electron chi connectivity index (χ1n) is 7.77. The lowest BCUT2D eigenvalue weighted by Crippen LogP contribution is -2.41. The maximum absolute atomic E-state index is 12.7. The van der Waals surface area contributed by atoms with Crippen LogP contribution in [-0.4, -0.2) is 56.7 Å². The second-order valence-electron chi connectivity index (χ2n) is 5.90. The van der Waals surface area contributed by atoms with Gasteiger partial charge in [-0.15, -0.1) is 0 Å². The molecule has 1 atom stereocenters. The monoisotopic (exact) mass is 341 g/mol. The summed E-state index contributed by atoms with van der Waals surface area (Å²) in [6.07, 6.45) is 0.622. The number of fused-ring (bicyclic) bond motifs is 1. The van der Waals surface area contributed by atoms with Gasteiger partial charge in [0.15, 0.2) is 0 Å². The summed E-state index contributed by atoms with van der Waals surface area (Å²) in [5.74, 6) is -0.113. The first-order chi connectivity index (χ1) is 11.6. The molecule has 7 heteroatoms. The van der Waals surface area contributed by atoms with Crippen LogP contribution < -0.4 is 0 Å². The zero-order chi connectivity index (χ0) is 16.7. The van der Waals surface area contributed by atoms with Crippen LogP contribution in [0.2, 0.25) is 0 Å². The molecule has 6 nitrogen and oxygen atoms in total. The summed E-state index contributed by atoms with van der Waals surface area (Å²) in [5, 5.41) is 0.779. The van der Waals surface area contributed by atoms with Crippen molar-refractivity contribution < 1.29 is 14.4 Å². The lowest BCUT2D eigenvalue weighted by molar-refractivity contribution is -0.126. The summed E-state index contributed by atoms with van der Waals surface area (Å²) in [7, 11) is 0. The Morgan fingerprint density at radius 2 is 2.00 bits per heavy atom. The van der Waals surface area contributed by atoms with Crippen LogP contribution in [0.5, 0.6) is 0 Å². The van der Waals surface area contributed by atoms with E-state index in [2.05, 4.69) is 4.98 Å². The van der Waals surface area contributed by atoms with E-state index >= 15 is 0 Å². The van der Waals surface area contributed by atoms with Gasteiger partial charge in [0.05, 0.1) is 17.3 Å². The molecule has 0 bridgehead atoms. The van der Waals surface area contributed by atoms with E-state index in [4.69, 9.17) is 0 Å². The van der Waals surface area contributed by atoms with Gasteiger partial charge in [0.25, 0.3) is 11.1 Å². The van der Waals surface area contributed by atoms with E-state index in [1.165, 1.54) is 4.90 Å². The first kappa shape index (κ1) is 15.1. The van der Waals surface area contributed by atoms with Gasteiger partial charge in [0, 0.05) is 18.5 Å². The number of aromatic nitrogens is 1. The zero-order valence-electron chi connectivity index (χ0n) is 12.8. The number of pyridine rings is 1. The molecule has 2 aromatic rings. The molecule has 4 rings (SSSR count). The second-order valence-corrected chi connectivity index (χ2v) is 6.83. The number of rotatable bonds is 2. The van der Waals surface area contributed by atoms with E-state index in [0.29, 0.717) is 25.2 Å². The lowest BCUT2D eigenvalue weighted by Gasteiger charge is -2.21. The Labute approximate surface area is 142 Å². The number of hydrogen-bond acceptors (Lipinski definition) is 5. The highest BCUT2D eigenvalue weighted by Crippen LogP contribution is 2.27. The van der Waals surface area contributed by atoms with Crippen molar-refractivity contribution in [1.82, 2.24) is 14.8 Å². The van der Waals surface area contributed by atoms with Gasteiger partial charge < -0.3 is 4.90 Å². The van der Waals surface area contributed by atoms with Crippen molar-refractivity contribution >= 4 is 39.7 Å². The van der Waals surface area contributed by atoms with Gasteiger partial charge in [-0.1, -0.05) is 36.0 Å². The van der Waals surface area contributed by atoms with E-state index in [1.54, 1.807) is 11.0 Å². The lowest BCUT2D eigenvalue weighted by atomic mass is 10.2. The van der Waals surface area contributed by atoms with Crippen molar-refractivity contribution in [2.45, 2.75) is 12.5 Å². The van der Waals surface area contributed by atoms with E-state index < -0.39 is 0 Å². The standard InChI is InChI=1S/C17H15N3O3S/c21-15-10-24-17(23)20(15)12-7-8-19(9-12)16(22)14-6-5-11-3-1-2-4-13(11)18-14/h1-6,12H,7-10H2. The topological polar surface area (TPSA) is 70.6 Å². The van der Waals surface area contributed by atoms with Crippen LogP contribution in [0.15, 0.2) is 36.4 Å². The first-order valence-corrected chi connectivity index (χ1v) is 8.76. The van der Waals surface area contributed by atoms with Crippen molar-refractivity contribution in [2.24, 2.45) is 0 Å². The Hall–Kier alpha value is -2.41. The average molecular weight is 341 g/mol. The molecular formula is C17H15N3O3S. The van der Waals surface area contributed by atoms with Crippen LogP contribution in [0, 0.1) is 0 Å². The minimum atomic E-state index is -0.218. The molecule has 2 fully saturated rings. The number of likely N-dealkylation sites (tertiary alicyclic amines) is 1. The number of hydrogen-bond donors (Lipinski definition) is 0. The quantitative estimate of drug-likeness (QED) is 0.837.